The molecule has 2 heteroatoms. The Morgan fingerprint density at radius 1 is 1.55 bits per heavy atom. The lowest BCUT2D eigenvalue weighted by Gasteiger charge is -2.12. The van der Waals surface area contributed by atoms with E-state index in [4.69, 9.17) is 0 Å². The van der Waals surface area contributed by atoms with Crippen LogP contribution >= 0.6 is 27.3 Å². The molecule has 0 amide bonds. The lowest BCUT2D eigenvalue weighted by atomic mass is 10.1. The average Bonchev–Trinajstić information content (AvgIpc) is 2.32. The van der Waals surface area contributed by atoms with E-state index in [1.165, 1.54) is 10.4 Å². The topological polar surface area (TPSA) is 0 Å². The van der Waals surface area contributed by atoms with Crippen LogP contribution in [0.15, 0.2) is 11.4 Å². The molecule has 0 radical (unpaired) electrons. The first kappa shape index (κ1) is 9.27. The summed E-state index contributed by atoms with van der Waals surface area (Å²) in [5.41, 5.74) is 1.44. The highest BCUT2D eigenvalue weighted by molar-refractivity contribution is 9.09. The highest BCUT2D eigenvalue weighted by Crippen LogP contribution is 2.34. The van der Waals surface area contributed by atoms with Crippen LogP contribution in [0.5, 0.6) is 0 Å². The lowest BCUT2D eigenvalue weighted by Crippen LogP contribution is -2.02. The maximum absolute atomic E-state index is 3.64. The number of rotatable bonds is 2. The third-order valence-corrected chi connectivity index (χ3v) is 3.64. The maximum atomic E-state index is 3.64. The molecule has 0 spiro atoms. The normalized spacial score (nSPS) is 12.0. The van der Waals surface area contributed by atoms with E-state index in [1.807, 2.05) is 11.3 Å². The minimum Gasteiger partial charge on any atom is -0.147 e. The van der Waals surface area contributed by atoms with Crippen molar-refractivity contribution in [3.05, 3.63) is 21.9 Å². The second-order valence-corrected chi connectivity index (χ2v) is 6.04. The first-order chi connectivity index (χ1) is 5.04. The quantitative estimate of drug-likeness (QED) is 0.678. The molecule has 0 nitrogen and oxygen atoms in total. The van der Waals surface area contributed by atoms with Crippen molar-refractivity contribution >= 4 is 27.3 Å². The zero-order chi connectivity index (χ0) is 8.48. The third kappa shape index (κ3) is 2.31. The van der Waals surface area contributed by atoms with Gasteiger partial charge in [-0.05, 0) is 37.3 Å². The van der Waals surface area contributed by atoms with E-state index in [-0.39, 0.29) is 4.32 Å². The second-order valence-electron chi connectivity index (χ2n) is 3.15. The Labute approximate surface area is 80.8 Å². The van der Waals surface area contributed by atoms with Gasteiger partial charge in [0.1, 0.15) is 0 Å². The molecule has 0 aliphatic carbocycles. The summed E-state index contributed by atoms with van der Waals surface area (Å²) in [7, 11) is 0. The summed E-state index contributed by atoms with van der Waals surface area (Å²) in [4.78, 5) is 1.41. The van der Waals surface area contributed by atoms with Gasteiger partial charge in [0, 0.05) is 4.88 Å². The SMILES string of the molecule is CCc1csc(C(C)(C)Br)c1. The summed E-state index contributed by atoms with van der Waals surface area (Å²) in [5, 5.41) is 2.23. The first-order valence-electron chi connectivity index (χ1n) is 3.81. The fourth-order valence-electron chi connectivity index (χ4n) is 0.873. The summed E-state index contributed by atoms with van der Waals surface area (Å²) < 4.78 is 0.144. The van der Waals surface area contributed by atoms with Crippen molar-refractivity contribution in [2.45, 2.75) is 31.5 Å². The van der Waals surface area contributed by atoms with E-state index < -0.39 is 0 Å². The van der Waals surface area contributed by atoms with Gasteiger partial charge in [-0.25, -0.2) is 0 Å². The van der Waals surface area contributed by atoms with Gasteiger partial charge in [-0.3, -0.25) is 0 Å². The highest BCUT2D eigenvalue weighted by atomic mass is 79.9. The van der Waals surface area contributed by atoms with E-state index in [2.05, 4.69) is 48.1 Å². The van der Waals surface area contributed by atoms with Gasteiger partial charge in [-0.15, -0.1) is 11.3 Å². The van der Waals surface area contributed by atoms with Gasteiger partial charge < -0.3 is 0 Å². The predicted molar refractivity (Wildman–Crippen MR) is 55.7 cm³/mol. The van der Waals surface area contributed by atoms with Crippen molar-refractivity contribution in [2.75, 3.05) is 0 Å². The molecule has 0 saturated carbocycles. The molecular formula is C9H13BrS. The summed E-state index contributed by atoms with van der Waals surface area (Å²) in [5.74, 6) is 0. The monoisotopic (exact) mass is 232 g/mol. The van der Waals surface area contributed by atoms with Gasteiger partial charge in [0.25, 0.3) is 0 Å². The number of hydrogen-bond acceptors (Lipinski definition) is 1. The molecular weight excluding hydrogens is 220 g/mol. The number of hydrogen-bond donors (Lipinski definition) is 0. The zero-order valence-corrected chi connectivity index (χ0v) is 9.55. The van der Waals surface area contributed by atoms with Crippen molar-refractivity contribution in [3.63, 3.8) is 0 Å². The van der Waals surface area contributed by atoms with Gasteiger partial charge in [0.2, 0.25) is 0 Å². The summed E-state index contributed by atoms with van der Waals surface area (Å²) in [6.07, 6.45) is 1.14. The second kappa shape index (κ2) is 3.28. The van der Waals surface area contributed by atoms with Gasteiger partial charge >= 0.3 is 0 Å². The van der Waals surface area contributed by atoms with Crippen LogP contribution in [0.2, 0.25) is 0 Å². The molecule has 0 fully saturated rings. The maximum Gasteiger partial charge on any atom is 0.0543 e. The Morgan fingerprint density at radius 2 is 2.18 bits per heavy atom. The van der Waals surface area contributed by atoms with Gasteiger partial charge in [0.05, 0.1) is 4.32 Å². The van der Waals surface area contributed by atoms with E-state index >= 15 is 0 Å². The fourth-order valence-corrected chi connectivity index (χ4v) is 2.28. The van der Waals surface area contributed by atoms with Crippen molar-refractivity contribution < 1.29 is 0 Å². The minimum atomic E-state index is 0.144. The van der Waals surface area contributed by atoms with Crippen molar-refractivity contribution in [2.24, 2.45) is 0 Å². The number of halogens is 1. The number of thiophene rings is 1. The molecule has 62 valence electrons. The molecule has 0 N–H and O–H groups in total. The Hall–Kier alpha value is 0.180. The Morgan fingerprint density at radius 3 is 2.45 bits per heavy atom. The van der Waals surface area contributed by atoms with Gasteiger partial charge in [-0.1, -0.05) is 22.9 Å². The summed E-state index contributed by atoms with van der Waals surface area (Å²) in [6.45, 7) is 6.55. The van der Waals surface area contributed by atoms with E-state index in [9.17, 15) is 0 Å². The van der Waals surface area contributed by atoms with E-state index in [1.54, 1.807) is 0 Å². The van der Waals surface area contributed by atoms with Gasteiger partial charge in [-0.2, -0.15) is 0 Å². The molecule has 0 unspecified atom stereocenters. The predicted octanol–water partition coefficient (Wildman–Crippen LogP) is 3.94. The molecule has 1 heterocycles. The summed E-state index contributed by atoms with van der Waals surface area (Å²) >= 11 is 5.47. The first-order valence-corrected chi connectivity index (χ1v) is 5.48. The summed E-state index contributed by atoms with van der Waals surface area (Å²) in [6, 6.07) is 2.28. The molecule has 0 saturated heterocycles. The molecule has 0 aromatic carbocycles. The van der Waals surface area contributed by atoms with Crippen LogP contribution in [0.4, 0.5) is 0 Å². The van der Waals surface area contributed by atoms with Gasteiger partial charge in [0.15, 0.2) is 0 Å². The van der Waals surface area contributed by atoms with Crippen LogP contribution in [0.3, 0.4) is 0 Å². The third-order valence-electron chi connectivity index (χ3n) is 1.65. The molecule has 1 rings (SSSR count). The highest BCUT2D eigenvalue weighted by Gasteiger charge is 2.17. The largest absolute Gasteiger partial charge is 0.147 e. The van der Waals surface area contributed by atoms with Crippen LogP contribution in [-0.2, 0) is 10.7 Å². The van der Waals surface area contributed by atoms with Crippen molar-refractivity contribution in [1.29, 1.82) is 0 Å². The zero-order valence-electron chi connectivity index (χ0n) is 7.15. The molecule has 1 aromatic rings. The average molecular weight is 233 g/mol. The molecule has 11 heavy (non-hydrogen) atoms. The molecule has 1 aromatic heterocycles. The minimum absolute atomic E-state index is 0.144. The van der Waals surface area contributed by atoms with E-state index in [0.717, 1.165) is 6.42 Å². The molecule has 0 atom stereocenters. The van der Waals surface area contributed by atoms with Crippen LogP contribution in [-0.4, -0.2) is 0 Å². The molecule has 0 aliphatic rings. The Balaban J connectivity index is 2.89. The van der Waals surface area contributed by atoms with Crippen LogP contribution in [0.25, 0.3) is 0 Å². The van der Waals surface area contributed by atoms with Crippen molar-refractivity contribution in [1.82, 2.24) is 0 Å². The molecule has 0 aliphatic heterocycles. The standard InChI is InChI=1S/C9H13BrS/c1-4-7-5-8(11-6-7)9(2,3)10/h5-6H,4H2,1-3H3. The van der Waals surface area contributed by atoms with Crippen molar-refractivity contribution in [3.8, 4) is 0 Å². The van der Waals surface area contributed by atoms with Crippen LogP contribution < -0.4 is 0 Å². The lowest BCUT2D eigenvalue weighted by molar-refractivity contribution is 0.823. The van der Waals surface area contributed by atoms with E-state index in [0.29, 0.717) is 0 Å². The smallest absolute Gasteiger partial charge is 0.0543 e. The van der Waals surface area contributed by atoms with Crippen LogP contribution in [0.1, 0.15) is 31.2 Å². The fraction of sp³-hybridized carbons (Fsp3) is 0.556. The van der Waals surface area contributed by atoms with Crippen LogP contribution in [0, 0.1) is 0 Å². The Bertz CT molecular complexity index is 232. The number of aryl methyl sites for hydroxylation is 1. The number of alkyl halides is 1. The Kier molecular flexibility index (Phi) is 2.76. The molecule has 0 bridgehead atoms.